The molecule has 1 aliphatic heterocycles. The molecule has 0 bridgehead atoms. The Morgan fingerprint density at radius 3 is 2.40 bits per heavy atom. The number of amides is 1. The van der Waals surface area contributed by atoms with Gasteiger partial charge >= 0.3 is 0 Å². The molecule has 2 heterocycles. The number of hydrogen-bond acceptors (Lipinski definition) is 8. The van der Waals surface area contributed by atoms with Gasteiger partial charge in [-0.2, -0.15) is 0 Å². The van der Waals surface area contributed by atoms with Crippen molar-refractivity contribution in [1.29, 1.82) is 0 Å². The number of aliphatic hydroxyl groups excluding tert-OH is 1. The first-order valence-corrected chi connectivity index (χ1v) is 13.3. The van der Waals surface area contributed by atoms with E-state index in [0.717, 1.165) is 11.1 Å². The average Bonchev–Trinajstić information content (AvgIpc) is 3.50. The molecule has 5 rings (SSSR count). The number of ether oxygens (including phenoxy) is 3. The molecule has 9 heteroatoms. The standard InChI is InChI=1S/C31H28N2O6S/c1-18-29(40-30(32-18)20-9-6-5-7-10-20)27(34)25-26(21-11-8-12-22(16-21)37-2)33(31(36)28(25)35)17-19-13-14-23(38-3)24(15-19)39-4/h5-16,26,35H,17H2,1-4H3. The Hall–Kier alpha value is -4.63. The Labute approximate surface area is 236 Å². The van der Waals surface area contributed by atoms with Gasteiger partial charge in [0, 0.05) is 12.1 Å². The molecular formula is C31H28N2O6S. The lowest BCUT2D eigenvalue weighted by atomic mass is 9.94. The van der Waals surface area contributed by atoms with Crippen LogP contribution in [0.4, 0.5) is 0 Å². The quantitative estimate of drug-likeness (QED) is 0.256. The van der Waals surface area contributed by atoms with Gasteiger partial charge in [-0.25, -0.2) is 4.98 Å². The van der Waals surface area contributed by atoms with E-state index in [1.165, 1.54) is 23.3 Å². The van der Waals surface area contributed by atoms with Gasteiger partial charge in [-0.1, -0.05) is 48.5 Å². The highest BCUT2D eigenvalue weighted by Gasteiger charge is 2.44. The molecule has 1 unspecified atom stereocenters. The van der Waals surface area contributed by atoms with E-state index < -0.39 is 23.5 Å². The zero-order valence-electron chi connectivity index (χ0n) is 22.5. The van der Waals surface area contributed by atoms with Crippen LogP contribution in [0, 0.1) is 6.92 Å². The van der Waals surface area contributed by atoms with Crippen LogP contribution in [0.25, 0.3) is 10.6 Å². The minimum absolute atomic E-state index is 0.00471. The van der Waals surface area contributed by atoms with Gasteiger partial charge in [0.1, 0.15) is 10.8 Å². The van der Waals surface area contributed by atoms with E-state index in [9.17, 15) is 14.7 Å². The molecule has 0 spiro atoms. The van der Waals surface area contributed by atoms with Crippen LogP contribution in [0.5, 0.6) is 17.2 Å². The van der Waals surface area contributed by atoms with Gasteiger partial charge in [0.05, 0.1) is 43.5 Å². The SMILES string of the molecule is COc1cccc(C2C(C(=O)c3sc(-c4ccccc4)nc3C)=C(O)C(=O)N2Cc2ccc(OC)c(OC)c2)c1. The summed E-state index contributed by atoms with van der Waals surface area (Å²) in [6.07, 6.45) is 0. The summed E-state index contributed by atoms with van der Waals surface area (Å²) in [5.41, 5.74) is 2.79. The lowest BCUT2D eigenvalue weighted by Gasteiger charge is -2.27. The monoisotopic (exact) mass is 556 g/mol. The number of carbonyl (C=O) groups excluding carboxylic acids is 2. The summed E-state index contributed by atoms with van der Waals surface area (Å²) in [7, 11) is 4.63. The number of ketones is 1. The zero-order valence-corrected chi connectivity index (χ0v) is 23.3. The van der Waals surface area contributed by atoms with Crippen LogP contribution >= 0.6 is 11.3 Å². The van der Waals surface area contributed by atoms with E-state index >= 15 is 0 Å². The molecule has 8 nitrogen and oxygen atoms in total. The predicted octanol–water partition coefficient (Wildman–Crippen LogP) is 5.92. The highest BCUT2D eigenvalue weighted by atomic mass is 32.1. The number of benzene rings is 3. The number of aliphatic hydroxyl groups is 1. The van der Waals surface area contributed by atoms with Crippen molar-refractivity contribution in [2.75, 3.05) is 21.3 Å². The first kappa shape index (κ1) is 27.0. The molecule has 1 atom stereocenters. The van der Waals surface area contributed by atoms with Crippen LogP contribution in [0.1, 0.15) is 32.5 Å². The molecule has 0 radical (unpaired) electrons. The molecule has 0 fully saturated rings. The molecule has 40 heavy (non-hydrogen) atoms. The second kappa shape index (κ2) is 11.2. The molecule has 1 aliphatic rings. The van der Waals surface area contributed by atoms with Crippen molar-refractivity contribution in [3.05, 3.63) is 106 Å². The Morgan fingerprint density at radius 2 is 1.70 bits per heavy atom. The van der Waals surface area contributed by atoms with Crippen LogP contribution < -0.4 is 14.2 Å². The third-order valence-corrected chi connectivity index (χ3v) is 7.99. The summed E-state index contributed by atoms with van der Waals surface area (Å²) in [5.74, 6) is -0.0363. The second-order valence-corrected chi connectivity index (χ2v) is 10.2. The Balaban J connectivity index is 1.58. The van der Waals surface area contributed by atoms with E-state index in [1.807, 2.05) is 42.5 Å². The van der Waals surface area contributed by atoms with Gasteiger partial charge in [0.25, 0.3) is 5.91 Å². The third kappa shape index (κ3) is 4.91. The van der Waals surface area contributed by atoms with Crippen molar-refractivity contribution in [2.45, 2.75) is 19.5 Å². The molecule has 1 aromatic heterocycles. The summed E-state index contributed by atoms with van der Waals surface area (Å²) in [5, 5.41) is 11.9. The van der Waals surface area contributed by atoms with E-state index in [-0.39, 0.29) is 12.1 Å². The number of carbonyl (C=O) groups is 2. The number of aryl methyl sites for hydroxylation is 1. The fraction of sp³-hybridized carbons (Fsp3) is 0.194. The van der Waals surface area contributed by atoms with Crippen molar-refractivity contribution >= 4 is 23.0 Å². The molecule has 204 valence electrons. The third-order valence-electron chi connectivity index (χ3n) is 6.78. The number of Topliss-reactive ketones (excluding diaryl/α,β-unsaturated/α-hetero) is 1. The predicted molar refractivity (Wildman–Crippen MR) is 152 cm³/mol. The first-order valence-electron chi connectivity index (χ1n) is 12.5. The lowest BCUT2D eigenvalue weighted by Crippen LogP contribution is -2.30. The maximum Gasteiger partial charge on any atom is 0.290 e. The number of hydrogen-bond donors (Lipinski definition) is 1. The zero-order chi connectivity index (χ0) is 28.4. The topological polar surface area (TPSA) is 98.2 Å². The summed E-state index contributed by atoms with van der Waals surface area (Å²) in [4.78, 5) is 34.1. The summed E-state index contributed by atoms with van der Waals surface area (Å²) in [6, 6.07) is 21.2. The molecule has 0 aliphatic carbocycles. The van der Waals surface area contributed by atoms with Gasteiger partial charge in [-0.3, -0.25) is 9.59 Å². The molecule has 0 saturated carbocycles. The number of thiazole rings is 1. The van der Waals surface area contributed by atoms with Crippen LogP contribution in [0.15, 0.2) is 84.1 Å². The molecule has 0 saturated heterocycles. The van der Waals surface area contributed by atoms with Crippen molar-refractivity contribution in [1.82, 2.24) is 9.88 Å². The van der Waals surface area contributed by atoms with Gasteiger partial charge in [0.15, 0.2) is 17.3 Å². The van der Waals surface area contributed by atoms with E-state index in [2.05, 4.69) is 4.98 Å². The van der Waals surface area contributed by atoms with Crippen LogP contribution in [0.3, 0.4) is 0 Å². The first-order chi connectivity index (χ1) is 19.4. The number of aromatic nitrogens is 1. The normalized spacial score (nSPS) is 14.9. The molecule has 3 aromatic carbocycles. The van der Waals surface area contributed by atoms with E-state index in [1.54, 1.807) is 51.5 Å². The van der Waals surface area contributed by atoms with Crippen molar-refractivity contribution in [2.24, 2.45) is 0 Å². The summed E-state index contributed by atoms with van der Waals surface area (Å²) in [6.45, 7) is 1.87. The second-order valence-electron chi connectivity index (χ2n) is 9.19. The largest absolute Gasteiger partial charge is 0.503 e. The van der Waals surface area contributed by atoms with Crippen molar-refractivity contribution in [3.8, 4) is 27.8 Å². The molecule has 4 aromatic rings. The van der Waals surface area contributed by atoms with Crippen LogP contribution in [-0.4, -0.2) is 48.0 Å². The fourth-order valence-corrected chi connectivity index (χ4v) is 5.84. The van der Waals surface area contributed by atoms with Crippen molar-refractivity contribution in [3.63, 3.8) is 0 Å². The smallest absolute Gasteiger partial charge is 0.290 e. The maximum absolute atomic E-state index is 14.1. The minimum atomic E-state index is -0.857. The lowest BCUT2D eigenvalue weighted by molar-refractivity contribution is -0.130. The van der Waals surface area contributed by atoms with E-state index in [0.29, 0.717) is 38.4 Å². The van der Waals surface area contributed by atoms with E-state index in [4.69, 9.17) is 14.2 Å². The van der Waals surface area contributed by atoms with Crippen LogP contribution in [-0.2, 0) is 11.3 Å². The van der Waals surface area contributed by atoms with Crippen LogP contribution in [0.2, 0.25) is 0 Å². The van der Waals surface area contributed by atoms with Gasteiger partial charge in [-0.15, -0.1) is 11.3 Å². The van der Waals surface area contributed by atoms with Gasteiger partial charge < -0.3 is 24.2 Å². The summed E-state index contributed by atoms with van der Waals surface area (Å²) < 4.78 is 16.2. The Kier molecular flexibility index (Phi) is 7.57. The minimum Gasteiger partial charge on any atom is -0.503 e. The Morgan fingerprint density at radius 1 is 0.950 bits per heavy atom. The van der Waals surface area contributed by atoms with Gasteiger partial charge in [0.2, 0.25) is 5.78 Å². The highest BCUT2D eigenvalue weighted by Crippen LogP contribution is 2.43. The fourth-order valence-electron chi connectivity index (χ4n) is 4.82. The average molecular weight is 557 g/mol. The maximum atomic E-state index is 14.1. The molecule has 1 N–H and O–H groups in total. The Bertz CT molecular complexity index is 1610. The number of nitrogens with zero attached hydrogens (tertiary/aromatic N) is 2. The molecule has 1 amide bonds. The number of methoxy groups -OCH3 is 3. The molecular weight excluding hydrogens is 528 g/mol. The van der Waals surface area contributed by atoms with Crippen molar-refractivity contribution < 1.29 is 28.9 Å². The number of rotatable bonds is 9. The summed E-state index contributed by atoms with van der Waals surface area (Å²) >= 11 is 1.24. The van der Waals surface area contributed by atoms with Gasteiger partial charge in [-0.05, 0) is 42.3 Å². The highest BCUT2D eigenvalue weighted by molar-refractivity contribution is 7.17.